The highest BCUT2D eigenvalue weighted by molar-refractivity contribution is 8.00. The van der Waals surface area contributed by atoms with Crippen LogP contribution in [0, 0.1) is 0 Å². The molecule has 0 aliphatic carbocycles. The van der Waals surface area contributed by atoms with Crippen LogP contribution in [0.4, 0.5) is 23.1 Å². The fourth-order valence-electron chi connectivity index (χ4n) is 3.95. The van der Waals surface area contributed by atoms with Crippen LogP contribution in [0.25, 0.3) is 10.2 Å². The molecule has 1 unspecified atom stereocenters. The molecular formula is C26H30N6OS3. The lowest BCUT2D eigenvalue weighted by molar-refractivity contribution is 0.222. The van der Waals surface area contributed by atoms with Crippen LogP contribution in [0.3, 0.4) is 0 Å². The molecule has 2 N–H and O–H groups in total. The number of benzene rings is 2. The minimum absolute atomic E-state index is 0.478. The highest BCUT2D eigenvalue weighted by Crippen LogP contribution is 2.35. The molecule has 3 heterocycles. The van der Waals surface area contributed by atoms with Crippen molar-refractivity contribution < 1.29 is 4.55 Å². The van der Waals surface area contributed by atoms with Crippen molar-refractivity contribution in [2.45, 2.75) is 28.9 Å². The summed E-state index contributed by atoms with van der Waals surface area (Å²) in [5.74, 6) is 1.30. The zero-order valence-electron chi connectivity index (χ0n) is 20.6. The van der Waals surface area contributed by atoms with Crippen molar-refractivity contribution in [1.29, 1.82) is 0 Å². The van der Waals surface area contributed by atoms with Gasteiger partial charge in [-0.1, -0.05) is 26.0 Å². The van der Waals surface area contributed by atoms with Crippen molar-refractivity contribution in [1.82, 2.24) is 19.2 Å². The molecule has 1 fully saturated rings. The first-order valence-electron chi connectivity index (χ1n) is 12.0. The van der Waals surface area contributed by atoms with Crippen LogP contribution in [0.15, 0.2) is 69.8 Å². The van der Waals surface area contributed by atoms with Gasteiger partial charge in [-0.15, -0.1) is 27.4 Å². The average Bonchev–Trinajstić information content (AvgIpc) is 3.34. The highest BCUT2D eigenvalue weighted by atomic mass is 32.2. The number of thioether (sulfide) groups is 1. The molecule has 1 saturated heterocycles. The first-order valence-corrected chi connectivity index (χ1v) is 14.8. The number of nitrogens with one attached hydrogen (secondary N) is 2. The van der Waals surface area contributed by atoms with Gasteiger partial charge in [-0.2, -0.15) is 4.98 Å². The maximum atomic E-state index is 13.0. The number of para-hydroxylation sites is 1. The van der Waals surface area contributed by atoms with Gasteiger partial charge in [-0.3, -0.25) is 0 Å². The first-order chi connectivity index (χ1) is 17.5. The summed E-state index contributed by atoms with van der Waals surface area (Å²) in [6.45, 7) is 7.88. The van der Waals surface area contributed by atoms with Gasteiger partial charge in [0.15, 0.2) is 10.7 Å². The Labute approximate surface area is 223 Å². The van der Waals surface area contributed by atoms with E-state index in [2.05, 4.69) is 54.6 Å². The topological polar surface area (TPSA) is 79.4 Å². The summed E-state index contributed by atoms with van der Waals surface area (Å²) in [7, 11) is 2.10. The van der Waals surface area contributed by atoms with Crippen LogP contribution in [0.1, 0.15) is 13.8 Å². The Bertz CT molecular complexity index is 1300. The van der Waals surface area contributed by atoms with Gasteiger partial charge in [0.2, 0.25) is 5.95 Å². The van der Waals surface area contributed by atoms with Gasteiger partial charge in [-0.25, -0.2) is 4.98 Å². The average molecular weight is 539 g/mol. The van der Waals surface area contributed by atoms with E-state index >= 15 is 0 Å². The first kappa shape index (κ1) is 25.3. The van der Waals surface area contributed by atoms with E-state index in [9.17, 15) is 4.55 Å². The van der Waals surface area contributed by atoms with Gasteiger partial charge < -0.3 is 20.1 Å². The van der Waals surface area contributed by atoms with Gasteiger partial charge in [0.25, 0.3) is 0 Å². The summed E-state index contributed by atoms with van der Waals surface area (Å²) in [6, 6.07) is 18.0. The Kier molecular flexibility index (Phi) is 8.00. The van der Waals surface area contributed by atoms with E-state index < -0.39 is 11.4 Å². The number of fused-ring (bicyclic) bond motifs is 1. The molecule has 0 saturated carbocycles. The number of anilines is 4. The van der Waals surface area contributed by atoms with E-state index in [1.54, 1.807) is 11.3 Å². The summed E-state index contributed by atoms with van der Waals surface area (Å²) in [6.07, 6.45) is 0. The smallest absolute Gasteiger partial charge is 0.229 e. The monoisotopic (exact) mass is 538 g/mol. The molecule has 10 heteroatoms. The third kappa shape index (κ3) is 5.96. The third-order valence-corrected chi connectivity index (χ3v) is 9.32. The summed E-state index contributed by atoms with van der Waals surface area (Å²) in [5.41, 5.74) is 2.78. The molecule has 1 atom stereocenters. The Hall–Kier alpha value is -2.34. The van der Waals surface area contributed by atoms with Crippen LogP contribution in [0.5, 0.6) is 0 Å². The molecular weight excluding hydrogens is 509 g/mol. The van der Waals surface area contributed by atoms with Gasteiger partial charge in [0.1, 0.15) is 0 Å². The summed E-state index contributed by atoms with van der Waals surface area (Å²) < 4.78 is 16.0. The highest BCUT2D eigenvalue weighted by Gasteiger charge is 2.26. The molecule has 36 heavy (non-hydrogen) atoms. The van der Waals surface area contributed by atoms with Crippen molar-refractivity contribution in [2.24, 2.45) is 0 Å². The Morgan fingerprint density at radius 3 is 2.47 bits per heavy atom. The number of piperazine rings is 1. The molecule has 0 amide bonds. The van der Waals surface area contributed by atoms with Crippen molar-refractivity contribution in [3.8, 4) is 0 Å². The number of aromatic nitrogens is 2. The normalized spacial score (nSPS) is 15.9. The van der Waals surface area contributed by atoms with Crippen molar-refractivity contribution in [3.63, 3.8) is 0 Å². The number of hydrogen-bond donors (Lipinski definition) is 2. The van der Waals surface area contributed by atoms with E-state index in [1.807, 2.05) is 57.8 Å². The summed E-state index contributed by atoms with van der Waals surface area (Å²) >= 11 is 2.30. The quantitative estimate of drug-likeness (QED) is 0.211. The molecule has 0 radical (unpaired) electrons. The van der Waals surface area contributed by atoms with Crippen LogP contribution < -0.4 is 10.6 Å². The summed E-state index contributed by atoms with van der Waals surface area (Å²) in [4.78, 5) is 13.8. The maximum Gasteiger partial charge on any atom is 0.229 e. The largest absolute Gasteiger partial charge is 0.593 e. The number of rotatable bonds is 8. The van der Waals surface area contributed by atoms with Crippen molar-refractivity contribution in [3.05, 3.63) is 60.0 Å². The van der Waals surface area contributed by atoms with E-state index in [-0.39, 0.29) is 0 Å². The minimum Gasteiger partial charge on any atom is -0.593 e. The predicted octanol–water partition coefficient (Wildman–Crippen LogP) is 5.95. The van der Waals surface area contributed by atoms with Crippen LogP contribution >= 0.6 is 23.1 Å². The van der Waals surface area contributed by atoms with Gasteiger partial charge in [0.05, 0.1) is 40.4 Å². The number of nitrogens with zero attached hydrogens (tertiary/aromatic N) is 4. The lowest BCUT2D eigenvalue weighted by Crippen LogP contribution is -2.46. The van der Waals surface area contributed by atoms with Crippen molar-refractivity contribution in [2.75, 3.05) is 43.9 Å². The molecule has 5 rings (SSSR count). The lowest BCUT2D eigenvalue weighted by atomic mass is 10.3. The Balaban J connectivity index is 1.35. The molecule has 2 aromatic carbocycles. The summed E-state index contributed by atoms with van der Waals surface area (Å²) in [5, 5.41) is 9.39. The molecule has 1 aliphatic rings. The molecule has 7 nitrogen and oxygen atoms in total. The van der Waals surface area contributed by atoms with Crippen molar-refractivity contribution >= 4 is 67.8 Å². The van der Waals surface area contributed by atoms with Crippen LogP contribution in [-0.4, -0.2) is 62.2 Å². The molecule has 0 spiro atoms. The molecule has 1 aliphatic heterocycles. The minimum atomic E-state index is -1.15. The molecule has 0 bridgehead atoms. The van der Waals surface area contributed by atoms with E-state index in [1.165, 1.54) is 4.90 Å². The Morgan fingerprint density at radius 1 is 0.972 bits per heavy atom. The number of thiophene rings is 1. The van der Waals surface area contributed by atoms with Crippen LogP contribution in [0.2, 0.25) is 0 Å². The molecule has 4 aromatic rings. The van der Waals surface area contributed by atoms with Gasteiger partial charge in [-0.05, 0) is 54.9 Å². The van der Waals surface area contributed by atoms with E-state index in [0.717, 1.165) is 58.5 Å². The second-order valence-corrected chi connectivity index (χ2v) is 13.0. The van der Waals surface area contributed by atoms with E-state index in [4.69, 9.17) is 9.97 Å². The zero-order valence-corrected chi connectivity index (χ0v) is 23.1. The lowest BCUT2D eigenvalue weighted by Gasteiger charge is -2.31. The number of likely N-dealkylation sites (N-methyl/N-ethyl adjacent to an activating group) is 1. The Morgan fingerprint density at radius 2 is 1.72 bits per heavy atom. The zero-order chi connectivity index (χ0) is 25.1. The second kappa shape index (κ2) is 11.4. The van der Waals surface area contributed by atoms with Gasteiger partial charge in [0, 0.05) is 28.9 Å². The van der Waals surface area contributed by atoms with Gasteiger partial charge >= 0.3 is 0 Å². The molecule has 188 valence electrons. The SMILES string of the molecule is CC(C)Sc1ccccc1Nc1nc(Nc2ccc([S+]([O-])N3CCN(C)CC3)cc2)nc2ccsc12. The standard InChI is InChI=1S/C26H30N6OS3/c1-18(2)35-23-7-5-4-6-21(23)28-25-24-22(12-17-34-24)29-26(30-25)27-19-8-10-20(11-9-19)36(33)32-15-13-31(3)14-16-32/h4-12,17-18H,13-16H2,1-3H3,(H2,27,28,29,30). The third-order valence-electron chi connectivity index (χ3n) is 5.82. The second-order valence-electron chi connectivity index (χ2n) is 8.95. The fourth-order valence-corrected chi connectivity index (χ4v) is 6.79. The fraction of sp³-hybridized carbons (Fsp3) is 0.308. The maximum absolute atomic E-state index is 13.0. The van der Waals surface area contributed by atoms with Crippen LogP contribution in [-0.2, 0) is 11.4 Å². The molecule has 2 aromatic heterocycles. The number of hydrogen-bond acceptors (Lipinski definition) is 9. The van der Waals surface area contributed by atoms with E-state index in [0.29, 0.717) is 11.2 Å². The predicted molar refractivity (Wildman–Crippen MR) is 153 cm³/mol.